The van der Waals surface area contributed by atoms with E-state index in [2.05, 4.69) is 5.32 Å². The summed E-state index contributed by atoms with van der Waals surface area (Å²) in [6.45, 7) is 1.86. The summed E-state index contributed by atoms with van der Waals surface area (Å²) in [5.41, 5.74) is 0.778. The fourth-order valence-electron chi connectivity index (χ4n) is 2.94. The fourth-order valence-corrected chi connectivity index (χ4v) is 3.63. The maximum atomic E-state index is 13.5. The number of hydrogen-bond acceptors (Lipinski definition) is 4. The van der Waals surface area contributed by atoms with Crippen molar-refractivity contribution in [2.24, 2.45) is 0 Å². The lowest BCUT2D eigenvalue weighted by Gasteiger charge is -2.36. The lowest BCUT2D eigenvalue weighted by atomic mass is 10.0. The molecule has 2 heterocycles. The smallest absolute Gasteiger partial charge is 0.223 e. The number of nitrogens with zero attached hydrogens (tertiary/aromatic N) is 1. The van der Waals surface area contributed by atoms with Crippen LogP contribution in [-0.2, 0) is 4.79 Å². The molecule has 1 atom stereocenters. The maximum absolute atomic E-state index is 13.5. The van der Waals surface area contributed by atoms with Gasteiger partial charge in [-0.2, -0.15) is 0 Å². The molecular formula is C18H19FN2O2S. The third-order valence-electron chi connectivity index (χ3n) is 4.16. The van der Waals surface area contributed by atoms with E-state index in [1.165, 1.54) is 23.5 Å². The van der Waals surface area contributed by atoms with E-state index in [9.17, 15) is 14.0 Å². The van der Waals surface area contributed by atoms with Crippen LogP contribution in [0.25, 0.3) is 0 Å². The standard InChI is InChI=1S/C18H19FN2O2S/c19-14-4-1-3-13(11-14)15-12-20-8-9-21(15)18(23)7-6-16(22)17-5-2-10-24-17/h1-5,10-11,15,20H,6-9,12H2. The van der Waals surface area contributed by atoms with Crippen LogP contribution in [0.3, 0.4) is 0 Å². The molecule has 0 spiro atoms. The maximum Gasteiger partial charge on any atom is 0.223 e. The number of rotatable bonds is 5. The Labute approximate surface area is 144 Å². The first-order valence-corrected chi connectivity index (χ1v) is 8.85. The number of Topliss-reactive ketones (excluding diaryl/α,β-unsaturated/α-hetero) is 1. The van der Waals surface area contributed by atoms with Gasteiger partial charge in [0.05, 0.1) is 10.9 Å². The molecule has 1 aliphatic heterocycles. The Bertz CT molecular complexity index is 718. The number of ketones is 1. The topological polar surface area (TPSA) is 49.4 Å². The number of thiophene rings is 1. The second-order valence-corrected chi connectivity index (χ2v) is 6.71. The molecule has 0 bridgehead atoms. The van der Waals surface area contributed by atoms with Crippen molar-refractivity contribution in [3.05, 3.63) is 58.0 Å². The van der Waals surface area contributed by atoms with Crippen molar-refractivity contribution in [3.63, 3.8) is 0 Å². The molecule has 0 radical (unpaired) electrons. The summed E-state index contributed by atoms with van der Waals surface area (Å²) in [7, 11) is 0. The second-order valence-electron chi connectivity index (χ2n) is 5.76. The number of amides is 1. The van der Waals surface area contributed by atoms with Gasteiger partial charge in [0, 0.05) is 32.5 Å². The van der Waals surface area contributed by atoms with E-state index in [1.807, 2.05) is 17.5 Å². The van der Waals surface area contributed by atoms with Crippen LogP contribution in [0.4, 0.5) is 4.39 Å². The highest BCUT2D eigenvalue weighted by atomic mass is 32.1. The monoisotopic (exact) mass is 346 g/mol. The van der Waals surface area contributed by atoms with E-state index < -0.39 is 0 Å². The van der Waals surface area contributed by atoms with Crippen LogP contribution in [0, 0.1) is 5.82 Å². The van der Waals surface area contributed by atoms with Gasteiger partial charge in [-0.05, 0) is 29.1 Å². The Morgan fingerprint density at radius 1 is 1.25 bits per heavy atom. The molecule has 1 saturated heterocycles. The number of halogens is 1. The number of carbonyl (C=O) groups is 2. The predicted octanol–water partition coefficient (Wildman–Crippen LogP) is 3.02. The van der Waals surface area contributed by atoms with Crippen molar-refractivity contribution in [1.29, 1.82) is 0 Å². The SMILES string of the molecule is O=C(CCC(=O)N1CCNCC1c1cccc(F)c1)c1cccs1. The highest BCUT2D eigenvalue weighted by molar-refractivity contribution is 7.12. The minimum Gasteiger partial charge on any atom is -0.333 e. The van der Waals surface area contributed by atoms with Crippen LogP contribution in [0.2, 0.25) is 0 Å². The largest absolute Gasteiger partial charge is 0.333 e. The summed E-state index contributed by atoms with van der Waals surface area (Å²) < 4.78 is 13.5. The van der Waals surface area contributed by atoms with Crippen LogP contribution in [0.5, 0.6) is 0 Å². The van der Waals surface area contributed by atoms with Gasteiger partial charge in [0.15, 0.2) is 5.78 Å². The van der Waals surface area contributed by atoms with Crippen molar-refractivity contribution in [3.8, 4) is 0 Å². The first-order chi connectivity index (χ1) is 11.6. The fraction of sp³-hybridized carbons (Fsp3) is 0.333. The first kappa shape index (κ1) is 16.8. The van der Waals surface area contributed by atoms with Crippen LogP contribution in [0.15, 0.2) is 41.8 Å². The molecule has 1 N–H and O–H groups in total. The van der Waals surface area contributed by atoms with Gasteiger partial charge in [-0.1, -0.05) is 18.2 Å². The number of nitrogens with one attached hydrogen (secondary N) is 1. The zero-order valence-electron chi connectivity index (χ0n) is 13.2. The summed E-state index contributed by atoms with van der Waals surface area (Å²) in [5, 5.41) is 5.10. The van der Waals surface area contributed by atoms with Crippen LogP contribution >= 0.6 is 11.3 Å². The number of piperazine rings is 1. The minimum absolute atomic E-state index is 0.00390. The Kier molecular flexibility index (Phi) is 5.37. The first-order valence-electron chi connectivity index (χ1n) is 7.97. The molecule has 0 saturated carbocycles. The van der Waals surface area contributed by atoms with E-state index in [0.717, 1.165) is 5.56 Å². The molecular weight excluding hydrogens is 327 g/mol. The summed E-state index contributed by atoms with van der Waals surface area (Å²) in [5.74, 6) is -0.371. The molecule has 1 amide bonds. The van der Waals surface area contributed by atoms with Gasteiger partial charge in [0.25, 0.3) is 0 Å². The molecule has 1 aliphatic rings. The summed E-state index contributed by atoms with van der Waals surface area (Å²) in [6.07, 6.45) is 0.391. The quantitative estimate of drug-likeness (QED) is 0.847. The summed E-state index contributed by atoms with van der Waals surface area (Å²) >= 11 is 1.39. The zero-order chi connectivity index (χ0) is 16.9. The molecule has 0 aliphatic carbocycles. The van der Waals surface area contributed by atoms with Gasteiger partial charge in [0.1, 0.15) is 5.82 Å². The third kappa shape index (κ3) is 3.88. The molecule has 6 heteroatoms. The molecule has 4 nitrogen and oxygen atoms in total. The van der Waals surface area contributed by atoms with E-state index in [4.69, 9.17) is 0 Å². The highest BCUT2D eigenvalue weighted by Gasteiger charge is 2.28. The molecule has 1 aromatic heterocycles. The molecule has 3 rings (SSSR count). The normalized spacial score (nSPS) is 17.7. The van der Waals surface area contributed by atoms with Gasteiger partial charge in [-0.15, -0.1) is 11.3 Å². The molecule has 1 unspecified atom stereocenters. The Hall–Kier alpha value is -2.05. The number of benzene rings is 1. The lowest BCUT2D eigenvalue weighted by molar-refractivity contribution is -0.134. The van der Waals surface area contributed by atoms with Gasteiger partial charge < -0.3 is 10.2 Å². The van der Waals surface area contributed by atoms with Crippen molar-refractivity contribution >= 4 is 23.0 Å². The van der Waals surface area contributed by atoms with E-state index in [0.29, 0.717) is 24.5 Å². The van der Waals surface area contributed by atoms with Crippen LogP contribution in [-0.4, -0.2) is 36.2 Å². The average molecular weight is 346 g/mol. The van der Waals surface area contributed by atoms with E-state index in [-0.39, 0.29) is 36.4 Å². The second kappa shape index (κ2) is 7.68. The summed E-state index contributed by atoms with van der Waals surface area (Å²) in [6, 6.07) is 9.76. The Balaban J connectivity index is 1.66. The minimum atomic E-state index is -0.307. The van der Waals surface area contributed by atoms with Gasteiger partial charge in [0.2, 0.25) is 5.91 Å². The van der Waals surface area contributed by atoms with E-state index in [1.54, 1.807) is 17.0 Å². The molecule has 1 fully saturated rings. The van der Waals surface area contributed by atoms with Crippen molar-refractivity contribution < 1.29 is 14.0 Å². The third-order valence-corrected chi connectivity index (χ3v) is 5.07. The number of hydrogen-bond donors (Lipinski definition) is 1. The van der Waals surface area contributed by atoms with Gasteiger partial charge in [-0.25, -0.2) is 4.39 Å². The van der Waals surface area contributed by atoms with Crippen LogP contribution < -0.4 is 5.32 Å². The van der Waals surface area contributed by atoms with Gasteiger partial charge >= 0.3 is 0 Å². The van der Waals surface area contributed by atoms with Crippen LogP contribution in [0.1, 0.15) is 34.1 Å². The van der Waals surface area contributed by atoms with Crippen molar-refractivity contribution in [2.45, 2.75) is 18.9 Å². The zero-order valence-corrected chi connectivity index (χ0v) is 14.0. The molecule has 126 valence electrons. The Morgan fingerprint density at radius 3 is 2.88 bits per heavy atom. The highest BCUT2D eigenvalue weighted by Crippen LogP contribution is 2.24. The van der Waals surface area contributed by atoms with Crippen molar-refractivity contribution in [1.82, 2.24) is 10.2 Å². The van der Waals surface area contributed by atoms with Crippen molar-refractivity contribution in [2.75, 3.05) is 19.6 Å². The Morgan fingerprint density at radius 2 is 2.12 bits per heavy atom. The van der Waals surface area contributed by atoms with E-state index >= 15 is 0 Å². The molecule has 24 heavy (non-hydrogen) atoms. The molecule has 2 aromatic rings. The molecule has 1 aromatic carbocycles. The lowest BCUT2D eigenvalue weighted by Crippen LogP contribution is -2.48. The van der Waals surface area contributed by atoms with Gasteiger partial charge in [-0.3, -0.25) is 9.59 Å². The number of carbonyl (C=O) groups excluding carboxylic acids is 2. The average Bonchev–Trinajstić information content (AvgIpc) is 3.14. The summed E-state index contributed by atoms with van der Waals surface area (Å²) in [4.78, 5) is 27.1. The predicted molar refractivity (Wildman–Crippen MR) is 91.6 cm³/mol.